The van der Waals surface area contributed by atoms with Gasteiger partial charge in [-0.05, 0) is 60.7 Å². The van der Waals surface area contributed by atoms with Crippen LogP contribution in [-0.2, 0) is 16.0 Å². The first-order valence-electron chi connectivity index (χ1n) is 13.4. The van der Waals surface area contributed by atoms with E-state index in [0.717, 1.165) is 25.3 Å². The fourth-order valence-electron chi connectivity index (χ4n) is 6.40. The zero-order valence-electron chi connectivity index (χ0n) is 21.2. The molecule has 5 rings (SSSR count). The van der Waals surface area contributed by atoms with E-state index in [9.17, 15) is 9.59 Å². The quantitative estimate of drug-likeness (QED) is 0.567. The molecule has 0 radical (unpaired) electrons. The molecule has 0 bridgehead atoms. The summed E-state index contributed by atoms with van der Waals surface area (Å²) in [6, 6.07) is 11.0. The van der Waals surface area contributed by atoms with Crippen molar-refractivity contribution in [1.82, 2.24) is 14.7 Å². The Hall–Kier alpha value is -2.18. The van der Waals surface area contributed by atoms with Crippen LogP contribution in [0.2, 0.25) is 0 Å². The highest BCUT2D eigenvalue weighted by Gasteiger charge is 2.35. The van der Waals surface area contributed by atoms with E-state index in [1.165, 1.54) is 47.3 Å². The number of carbonyl (C=O) groups excluding carboxylic acids is 2. The number of hydrogen-bond donors (Lipinski definition) is 0. The minimum atomic E-state index is 0.0841. The molecule has 5 nitrogen and oxygen atoms in total. The third kappa shape index (κ3) is 5.34. The second kappa shape index (κ2) is 10.8. The standard InChI is InChI=1S/C29H39N3O2S/c1-21-7-3-6-10-24(21)29-25-14-18-35-26(25)13-15-31(29)20-28(34)30-16-17-32(22(2)19-30)27(33)12-11-23-8-4-5-9-23/h3,6-7,10,14,18,22-23,29H,4-5,8-9,11-13,15-17,19-20H2,1-2H3/t22-,29+/m0/s1. The van der Waals surface area contributed by atoms with Crippen LogP contribution in [-0.4, -0.2) is 65.3 Å². The van der Waals surface area contributed by atoms with Crippen LogP contribution < -0.4 is 0 Å². The van der Waals surface area contributed by atoms with Crippen LogP contribution in [0.4, 0.5) is 0 Å². The summed E-state index contributed by atoms with van der Waals surface area (Å²) in [6.45, 7) is 7.53. The van der Waals surface area contributed by atoms with Crippen LogP contribution in [0.3, 0.4) is 0 Å². The maximum atomic E-state index is 13.5. The molecule has 1 saturated heterocycles. The zero-order chi connectivity index (χ0) is 24.4. The van der Waals surface area contributed by atoms with Crippen molar-refractivity contribution in [2.75, 3.05) is 32.7 Å². The van der Waals surface area contributed by atoms with Gasteiger partial charge in [-0.25, -0.2) is 0 Å². The van der Waals surface area contributed by atoms with Crippen LogP contribution in [0.25, 0.3) is 0 Å². The lowest BCUT2D eigenvalue weighted by molar-refractivity contribution is -0.143. The Morgan fingerprint density at radius 1 is 1.00 bits per heavy atom. The third-order valence-electron chi connectivity index (χ3n) is 8.43. The molecule has 3 aliphatic rings. The molecule has 1 saturated carbocycles. The van der Waals surface area contributed by atoms with Crippen molar-refractivity contribution in [3.05, 3.63) is 57.3 Å². The van der Waals surface area contributed by atoms with Gasteiger partial charge in [0.25, 0.3) is 0 Å². The molecule has 0 N–H and O–H groups in total. The zero-order valence-corrected chi connectivity index (χ0v) is 22.1. The normalized spacial score (nSPS) is 23.5. The molecular formula is C29H39N3O2S. The molecule has 2 atom stereocenters. The van der Waals surface area contributed by atoms with Gasteiger partial charge < -0.3 is 9.80 Å². The summed E-state index contributed by atoms with van der Waals surface area (Å²) in [5.74, 6) is 1.20. The molecule has 0 unspecified atom stereocenters. The van der Waals surface area contributed by atoms with E-state index in [2.05, 4.69) is 54.5 Å². The lowest BCUT2D eigenvalue weighted by atomic mass is 9.90. The van der Waals surface area contributed by atoms with Crippen molar-refractivity contribution >= 4 is 23.2 Å². The van der Waals surface area contributed by atoms with Crippen LogP contribution in [0.15, 0.2) is 35.7 Å². The summed E-state index contributed by atoms with van der Waals surface area (Å²) in [4.78, 5) is 34.2. The molecule has 35 heavy (non-hydrogen) atoms. The first kappa shape index (κ1) is 24.5. The molecule has 1 aliphatic carbocycles. The Morgan fingerprint density at radius 2 is 1.80 bits per heavy atom. The first-order chi connectivity index (χ1) is 17.0. The van der Waals surface area contributed by atoms with Gasteiger partial charge in [-0.3, -0.25) is 14.5 Å². The number of piperazine rings is 1. The summed E-state index contributed by atoms with van der Waals surface area (Å²) < 4.78 is 0. The van der Waals surface area contributed by atoms with Crippen LogP contribution in [0.1, 0.15) is 73.1 Å². The van der Waals surface area contributed by atoms with Crippen molar-refractivity contribution < 1.29 is 9.59 Å². The van der Waals surface area contributed by atoms with Gasteiger partial charge >= 0.3 is 0 Å². The Kier molecular flexibility index (Phi) is 7.59. The van der Waals surface area contributed by atoms with E-state index >= 15 is 0 Å². The smallest absolute Gasteiger partial charge is 0.236 e. The van der Waals surface area contributed by atoms with Gasteiger partial charge in [0.2, 0.25) is 11.8 Å². The van der Waals surface area contributed by atoms with E-state index in [1.54, 1.807) is 0 Å². The fraction of sp³-hybridized carbons (Fsp3) is 0.586. The summed E-state index contributed by atoms with van der Waals surface area (Å²) in [6.07, 6.45) is 7.93. The summed E-state index contributed by atoms with van der Waals surface area (Å²) >= 11 is 1.83. The van der Waals surface area contributed by atoms with Gasteiger partial charge in [0.05, 0.1) is 12.6 Å². The predicted octanol–water partition coefficient (Wildman–Crippen LogP) is 5.03. The van der Waals surface area contributed by atoms with Crippen molar-refractivity contribution in [3.63, 3.8) is 0 Å². The van der Waals surface area contributed by atoms with Gasteiger partial charge in [-0.1, -0.05) is 49.9 Å². The van der Waals surface area contributed by atoms with Gasteiger partial charge in [-0.15, -0.1) is 11.3 Å². The summed E-state index contributed by atoms with van der Waals surface area (Å²) in [5, 5.41) is 2.19. The highest BCUT2D eigenvalue weighted by Crippen LogP contribution is 2.38. The van der Waals surface area contributed by atoms with Crippen molar-refractivity contribution in [2.24, 2.45) is 5.92 Å². The van der Waals surface area contributed by atoms with Crippen molar-refractivity contribution in [2.45, 2.75) is 70.9 Å². The number of fused-ring (bicyclic) bond motifs is 1. The minimum Gasteiger partial charge on any atom is -0.338 e. The summed E-state index contributed by atoms with van der Waals surface area (Å²) in [7, 11) is 0. The maximum Gasteiger partial charge on any atom is 0.236 e. The van der Waals surface area contributed by atoms with Crippen molar-refractivity contribution in [1.29, 1.82) is 0 Å². The van der Waals surface area contributed by atoms with Crippen LogP contribution in [0.5, 0.6) is 0 Å². The lowest BCUT2D eigenvalue weighted by Crippen LogP contribution is -2.57. The SMILES string of the molecule is Cc1ccccc1[C@@H]1c2ccsc2CCN1CC(=O)N1CCN(C(=O)CCC2CCCC2)[C@@H](C)C1. The molecule has 2 fully saturated rings. The fourth-order valence-corrected chi connectivity index (χ4v) is 7.30. The highest BCUT2D eigenvalue weighted by molar-refractivity contribution is 7.10. The van der Waals surface area contributed by atoms with E-state index in [4.69, 9.17) is 0 Å². The monoisotopic (exact) mass is 493 g/mol. The predicted molar refractivity (Wildman–Crippen MR) is 142 cm³/mol. The molecule has 3 heterocycles. The van der Waals surface area contributed by atoms with Gasteiger partial charge in [0.1, 0.15) is 0 Å². The van der Waals surface area contributed by atoms with Gasteiger partial charge in [-0.2, -0.15) is 0 Å². The number of carbonyl (C=O) groups is 2. The average Bonchev–Trinajstić information content (AvgIpc) is 3.55. The van der Waals surface area contributed by atoms with Gasteiger partial charge in [0, 0.05) is 43.5 Å². The van der Waals surface area contributed by atoms with E-state index in [1.807, 2.05) is 21.1 Å². The molecular weight excluding hydrogens is 454 g/mol. The minimum absolute atomic E-state index is 0.0841. The first-order valence-corrected chi connectivity index (χ1v) is 14.3. The lowest BCUT2D eigenvalue weighted by Gasteiger charge is -2.42. The van der Waals surface area contributed by atoms with Gasteiger partial charge in [0.15, 0.2) is 0 Å². The Morgan fingerprint density at radius 3 is 2.57 bits per heavy atom. The number of aryl methyl sites for hydroxylation is 1. The Balaban J connectivity index is 1.21. The van der Waals surface area contributed by atoms with E-state index < -0.39 is 0 Å². The third-order valence-corrected chi connectivity index (χ3v) is 9.43. The summed E-state index contributed by atoms with van der Waals surface area (Å²) in [5.41, 5.74) is 3.92. The highest BCUT2D eigenvalue weighted by atomic mass is 32.1. The molecule has 2 aliphatic heterocycles. The molecule has 1 aromatic carbocycles. The number of hydrogen-bond acceptors (Lipinski definition) is 4. The molecule has 6 heteroatoms. The number of rotatable bonds is 6. The Bertz CT molecular complexity index is 1040. The van der Waals surface area contributed by atoms with Crippen LogP contribution >= 0.6 is 11.3 Å². The molecule has 2 aromatic rings. The van der Waals surface area contributed by atoms with Crippen LogP contribution in [0, 0.1) is 12.8 Å². The van der Waals surface area contributed by atoms with E-state index in [0.29, 0.717) is 32.6 Å². The number of amides is 2. The molecule has 1 aromatic heterocycles. The largest absolute Gasteiger partial charge is 0.338 e. The number of benzene rings is 1. The number of nitrogens with zero attached hydrogens (tertiary/aromatic N) is 3. The second-order valence-corrected chi connectivity index (χ2v) is 11.7. The molecule has 0 spiro atoms. The van der Waals surface area contributed by atoms with Crippen molar-refractivity contribution in [3.8, 4) is 0 Å². The topological polar surface area (TPSA) is 43.9 Å². The average molecular weight is 494 g/mol. The Labute approximate surface area is 214 Å². The molecule has 188 valence electrons. The molecule has 2 amide bonds. The number of thiophene rings is 1. The maximum absolute atomic E-state index is 13.5. The van der Waals surface area contributed by atoms with E-state index in [-0.39, 0.29) is 23.9 Å². The second-order valence-electron chi connectivity index (χ2n) is 10.7.